The predicted octanol–water partition coefficient (Wildman–Crippen LogP) is 3.47. The summed E-state index contributed by atoms with van der Waals surface area (Å²) in [5, 5.41) is 3.57. The number of rotatable bonds is 5. The first-order chi connectivity index (χ1) is 9.19. The second-order valence-corrected chi connectivity index (χ2v) is 6.01. The Hall–Kier alpha value is -1.02. The van der Waals surface area contributed by atoms with Gasteiger partial charge in [-0.2, -0.15) is 0 Å². The monoisotopic (exact) mass is 260 g/mol. The molecule has 106 valence electrons. The number of nitrogens with zero attached hydrogens (tertiary/aromatic N) is 1. The lowest BCUT2D eigenvalue weighted by Gasteiger charge is -2.40. The average molecular weight is 260 g/mol. The van der Waals surface area contributed by atoms with E-state index in [1.165, 1.54) is 43.6 Å². The summed E-state index contributed by atoms with van der Waals surface area (Å²) >= 11 is 0. The van der Waals surface area contributed by atoms with Crippen LogP contribution in [-0.4, -0.2) is 26.7 Å². The normalized spacial score (nSPS) is 23.3. The van der Waals surface area contributed by atoms with Crippen LogP contribution in [0.2, 0.25) is 0 Å². The molecule has 0 spiro atoms. The van der Waals surface area contributed by atoms with Crippen LogP contribution in [0.15, 0.2) is 24.3 Å². The summed E-state index contributed by atoms with van der Waals surface area (Å²) in [7, 11) is 2.23. The number of anilines is 1. The van der Waals surface area contributed by atoms with Gasteiger partial charge in [-0.15, -0.1) is 0 Å². The molecule has 1 aliphatic heterocycles. The molecule has 0 aliphatic carbocycles. The zero-order valence-corrected chi connectivity index (χ0v) is 12.7. The zero-order chi connectivity index (χ0) is 13.7. The van der Waals surface area contributed by atoms with Gasteiger partial charge in [-0.1, -0.05) is 26.0 Å². The predicted molar refractivity (Wildman–Crippen MR) is 83.9 cm³/mol. The molecule has 1 saturated heterocycles. The molecule has 1 heterocycles. The first-order valence-electron chi connectivity index (χ1n) is 7.70. The Labute approximate surface area is 118 Å². The van der Waals surface area contributed by atoms with Crippen molar-refractivity contribution < 1.29 is 0 Å². The Morgan fingerprint density at radius 3 is 2.47 bits per heavy atom. The molecule has 0 amide bonds. The van der Waals surface area contributed by atoms with Crippen LogP contribution in [0.5, 0.6) is 0 Å². The molecule has 2 heteroatoms. The van der Waals surface area contributed by atoms with Crippen LogP contribution < -0.4 is 10.2 Å². The number of hydrogen-bond acceptors (Lipinski definition) is 2. The Bertz CT molecular complexity index is 377. The molecule has 1 atom stereocenters. The van der Waals surface area contributed by atoms with Gasteiger partial charge in [0.15, 0.2) is 0 Å². The van der Waals surface area contributed by atoms with E-state index in [1.807, 2.05) is 0 Å². The first-order valence-corrected chi connectivity index (χ1v) is 7.70. The maximum absolute atomic E-state index is 3.57. The molecule has 1 aromatic rings. The molecular formula is C17H28N2. The van der Waals surface area contributed by atoms with Crippen LogP contribution in [0.3, 0.4) is 0 Å². The van der Waals surface area contributed by atoms with Gasteiger partial charge in [0.05, 0.1) is 0 Å². The Morgan fingerprint density at radius 1 is 1.21 bits per heavy atom. The van der Waals surface area contributed by atoms with Gasteiger partial charge >= 0.3 is 0 Å². The largest absolute Gasteiger partial charge is 0.374 e. The molecule has 1 N–H and O–H groups in total. The fourth-order valence-electron chi connectivity index (χ4n) is 3.16. The van der Waals surface area contributed by atoms with Gasteiger partial charge in [-0.25, -0.2) is 0 Å². The molecule has 2 rings (SSSR count). The van der Waals surface area contributed by atoms with Crippen molar-refractivity contribution in [1.82, 2.24) is 5.32 Å². The Kier molecular flexibility index (Phi) is 4.87. The van der Waals surface area contributed by atoms with E-state index in [4.69, 9.17) is 0 Å². The summed E-state index contributed by atoms with van der Waals surface area (Å²) < 4.78 is 0. The van der Waals surface area contributed by atoms with Crippen molar-refractivity contribution in [3.8, 4) is 0 Å². The molecule has 0 saturated carbocycles. The molecule has 1 unspecified atom stereocenters. The van der Waals surface area contributed by atoms with Crippen LogP contribution in [0.1, 0.15) is 38.7 Å². The lowest BCUT2D eigenvalue weighted by molar-refractivity contribution is 0.207. The third-order valence-electron chi connectivity index (χ3n) is 4.67. The van der Waals surface area contributed by atoms with Gasteiger partial charge in [0.2, 0.25) is 0 Å². The van der Waals surface area contributed by atoms with Crippen molar-refractivity contribution in [2.45, 2.75) is 39.5 Å². The molecule has 0 aromatic heterocycles. The molecule has 1 fully saturated rings. The molecule has 1 aliphatic rings. The molecule has 2 nitrogen and oxygen atoms in total. The van der Waals surface area contributed by atoms with Crippen LogP contribution in [-0.2, 0) is 6.42 Å². The zero-order valence-electron chi connectivity index (χ0n) is 12.7. The second kappa shape index (κ2) is 6.42. The standard InChI is InChI=1S/C17H28N2/c1-4-15-7-9-16(10-8-15)19(3)14-17(5-2)11-6-12-18-13-17/h7-10,18H,4-6,11-14H2,1-3H3. The SMILES string of the molecule is CCc1ccc(N(C)CC2(CC)CCCNC2)cc1. The highest BCUT2D eigenvalue weighted by atomic mass is 15.1. The van der Waals surface area contributed by atoms with E-state index < -0.39 is 0 Å². The third-order valence-corrected chi connectivity index (χ3v) is 4.67. The maximum Gasteiger partial charge on any atom is 0.0363 e. The summed E-state index contributed by atoms with van der Waals surface area (Å²) in [5.74, 6) is 0. The van der Waals surface area contributed by atoms with Crippen molar-refractivity contribution in [3.63, 3.8) is 0 Å². The number of piperidine rings is 1. The van der Waals surface area contributed by atoms with Crippen LogP contribution >= 0.6 is 0 Å². The Morgan fingerprint density at radius 2 is 1.95 bits per heavy atom. The van der Waals surface area contributed by atoms with Crippen LogP contribution in [0.25, 0.3) is 0 Å². The van der Waals surface area contributed by atoms with Gasteiger partial charge in [-0.05, 0) is 49.9 Å². The summed E-state index contributed by atoms with van der Waals surface area (Å²) in [6.07, 6.45) is 5.05. The lowest BCUT2D eigenvalue weighted by atomic mass is 9.78. The van der Waals surface area contributed by atoms with Crippen molar-refractivity contribution in [1.29, 1.82) is 0 Å². The van der Waals surface area contributed by atoms with Gasteiger partial charge < -0.3 is 10.2 Å². The minimum atomic E-state index is 0.455. The molecular weight excluding hydrogens is 232 g/mol. The first kappa shape index (κ1) is 14.4. The number of aryl methyl sites for hydroxylation is 1. The summed E-state index contributed by atoms with van der Waals surface area (Å²) in [6, 6.07) is 9.03. The lowest BCUT2D eigenvalue weighted by Crippen LogP contribution is -2.46. The van der Waals surface area contributed by atoms with E-state index in [1.54, 1.807) is 0 Å². The van der Waals surface area contributed by atoms with Crippen molar-refractivity contribution in [3.05, 3.63) is 29.8 Å². The van der Waals surface area contributed by atoms with E-state index in [9.17, 15) is 0 Å². The number of benzene rings is 1. The number of hydrogen-bond donors (Lipinski definition) is 1. The molecule has 0 radical (unpaired) electrons. The van der Waals surface area contributed by atoms with Crippen molar-refractivity contribution in [2.75, 3.05) is 31.6 Å². The average Bonchev–Trinajstić information content (AvgIpc) is 2.48. The molecule has 1 aromatic carbocycles. The highest BCUT2D eigenvalue weighted by Gasteiger charge is 2.31. The molecule has 19 heavy (non-hydrogen) atoms. The topological polar surface area (TPSA) is 15.3 Å². The maximum atomic E-state index is 3.57. The minimum Gasteiger partial charge on any atom is -0.374 e. The van der Waals surface area contributed by atoms with E-state index in [-0.39, 0.29) is 0 Å². The minimum absolute atomic E-state index is 0.455. The summed E-state index contributed by atoms with van der Waals surface area (Å²) in [5.41, 5.74) is 3.22. The summed E-state index contributed by atoms with van der Waals surface area (Å²) in [6.45, 7) is 8.05. The fourth-order valence-corrected chi connectivity index (χ4v) is 3.16. The van der Waals surface area contributed by atoms with E-state index in [0.717, 1.165) is 13.0 Å². The highest BCUT2D eigenvalue weighted by Crippen LogP contribution is 2.32. The number of nitrogens with one attached hydrogen (secondary N) is 1. The highest BCUT2D eigenvalue weighted by molar-refractivity contribution is 5.47. The van der Waals surface area contributed by atoms with E-state index >= 15 is 0 Å². The van der Waals surface area contributed by atoms with Crippen LogP contribution in [0.4, 0.5) is 5.69 Å². The fraction of sp³-hybridized carbons (Fsp3) is 0.647. The quantitative estimate of drug-likeness (QED) is 0.872. The van der Waals surface area contributed by atoms with Crippen LogP contribution in [0, 0.1) is 5.41 Å². The van der Waals surface area contributed by atoms with E-state index in [2.05, 4.69) is 55.4 Å². The molecule has 0 bridgehead atoms. The third kappa shape index (κ3) is 3.50. The van der Waals surface area contributed by atoms with Gasteiger partial charge in [0, 0.05) is 31.2 Å². The van der Waals surface area contributed by atoms with E-state index in [0.29, 0.717) is 5.41 Å². The van der Waals surface area contributed by atoms with Gasteiger partial charge in [0.1, 0.15) is 0 Å². The van der Waals surface area contributed by atoms with Crippen molar-refractivity contribution in [2.24, 2.45) is 5.41 Å². The smallest absolute Gasteiger partial charge is 0.0363 e. The Balaban J connectivity index is 2.03. The second-order valence-electron chi connectivity index (χ2n) is 6.01. The summed E-state index contributed by atoms with van der Waals surface area (Å²) in [4.78, 5) is 2.43. The van der Waals surface area contributed by atoms with Crippen molar-refractivity contribution >= 4 is 5.69 Å². The van der Waals surface area contributed by atoms with Gasteiger partial charge in [0.25, 0.3) is 0 Å². The van der Waals surface area contributed by atoms with Gasteiger partial charge in [-0.3, -0.25) is 0 Å².